The number of halogens is 4. The van der Waals surface area contributed by atoms with Crippen LogP contribution in [0.3, 0.4) is 0 Å². The lowest BCUT2D eigenvalue weighted by molar-refractivity contribution is -0.127. The van der Waals surface area contributed by atoms with E-state index in [4.69, 9.17) is 16.3 Å². The maximum atomic E-state index is 13.9. The van der Waals surface area contributed by atoms with E-state index in [1.165, 1.54) is 6.07 Å². The average molecular weight is 655 g/mol. The zero-order chi connectivity index (χ0) is 25.8. The number of amides is 3. The molecule has 1 heterocycles. The molecule has 0 saturated carbocycles. The minimum absolute atomic E-state index is 0.0262. The third-order valence-electron chi connectivity index (χ3n) is 4.97. The largest absolute Gasteiger partial charge is 0.486 e. The summed E-state index contributed by atoms with van der Waals surface area (Å²) in [4.78, 5) is 38.7. The van der Waals surface area contributed by atoms with Gasteiger partial charge in [0.25, 0.3) is 11.1 Å². The molecule has 1 fully saturated rings. The summed E-state index contributed by atoms with van der Waals surface area (Å²) >= 11 is 13.7. The number of rotatable bonds is 7. The fraction of sp³-hybridized carbons (Fsp3) is 0.0800. The van der Waals surface area contributed by atoms with Crippen LogP contribution in [0.5, 0.6) is 5.75 Å². The van der Waals surface area contributed by atoms with Crippen molar-refractivity contribution in [3.05, 3.63) is 96.5 Å². The van der Waals surface area contributed by atoms with E-state index in [9.17, 15) is 18.8 Å². The zero-order valence-corrected chi connectivity index (χ0v) is 23.0. The van der Waals surface area contributed by atoms with Crippen LogP contribution in [0.4, 0.5) is 14.9 Å². The number of carbonyl (C=O) groups excluding carboxylic acids is 3. The lowest BCUT2D eigenvalue weighted by atomic mass is 10.2. The molecule has 0 aliphatic carbocycles. The lowest BCUT2D eigenvalue weighted by Crippen LogP contribution is -2.36. The Morgan fingerprint density at radius 3 is 2.44 bits per heavy atom. The van der Waals surface area contributed by atoms with Crippen LogP contribution in [0, 0.1) is 5.82 Å². The van der Waals surface area contributed by atoms with Gasteiger partial charge in [0.2, 0.25) is 5.91 Å². The van der Waals surface area contributed by atoms with E-state index in [0.29, 0.717) is 36.5 Å². The quantitative estimate of drug-likeness (QED) is 0.272. The second kappa shape index (κ2) is 11.6. The van der Waals surface area contributed by atoms with Gasteiger partial charge in [-0.2, -0.15) is 0 Å². The molecular weight excluding hydrogens is 639 g/mol. The third kappa shape index (κ3) is 6.18. The SMILES string of the molecule is O=C(CN1C(=O)S/C(=C/c2cc(Br)c(OCc3ccccc3F)c(Br)c2)C1=O)Nc1ccccc1Cl. The third-order valence-corrected chi connectivity index (χ3v) is 7.39. The van der Waals surface area contributed by atoms with E-state index in [1.807, 2.05) is 0 Å². The lowest BCUT2D eigenvalue weighted by Gasteiger charge is -2.13. The predicted molar refractivity (Wildman–Crippen MR) is 145 cm³/mol. The molecule has 0 unspecified atom stereocenters. The molecular formula is C25H16Br2ClFN2O4S. The van der Waals surface area contributed by atoms with Gasteiger partial charge in [0.05, 0.1) is 24.6 Å². The predicted octanol–water partition coefficient (Wildman–Crippen LogP) is 7.26. The van der Waals surface area contributed by atoms with Crippen LogP contribution >= 0.6 is 55.2 Å². The molecule has 1 aliphatic heterocycles. The highest BCUT2D eigenvalue weighted by atomic mass is 79.9. The molecule has 1 aliphatic rings. The Hall–Kier alpha value is -2.66. The molecule has 184 valence electrons. The van der Waals surface area contributed by atoms with Gasteiger partial charge in [0, 0.05) is 5.56 Å². The van der Waals surface area contributed by atoms with E-state index in [-0.39, 0.29) is 17.3 Å². The molecule has 4 rings (SSSR count). The fourth-order valence-electron chi connectivity index (χ4n) is 3.25. The Morgan fingerprint density at radius 1 is 1.08 bits per heavy atom. The first-order chi connectivity index (χ1) is 17.2. The Balaban J connectivity index is 1.45. The number of para-hydroxylation sites is 1. The Kier molecular flexibility index (Phi) is 8.50. The van der Waals surface area contributed by atoms with E-state index in [2.05, 4.69) is 37.2 Å². The number of hydrogen-bond acceptors (Lipinski definition) is 5. The monoisotopic (exact) mass is 652 g/mol. The van der Waals surface area contributed by atoms with Crippen LogP contribution in [-0.2, 0) is 16.2 Å². The molecule has 1 N–H and O–H groups in total. The van der Waals surface area contributed by atoms with Gasteiger partial charge in [-0.1, -0.05) is 41.9 Å². The molecule has 3 amide bonds. The van der Waals surface area contributed by atoms with Crippen molar-refractivity contribution in [1.82, 2.24) is 4.90 Å². The van der Waals surface area contributed by atoms with Gasteiger partial charge in [0.1, 0.15) is 24.7 Å². The number of carbonyl (C=O) groups is 3. The molecule has 0 spiro atoms. The van der Waals surface area contributed by atoms with E-state index >= 15 is 0 Å². The zero-order valence-electron chi connectivity index (χ0n) is 18.3. The second-order valence-corrected chi connectivity index (χ2v) is 10.6. The molecule has 3 aromatic rings. The average Bonchev–Trinajstić information content (AvgIpc) is 3.08. The summed E-state index contributed by atoms with van der Waals surface area (Å²) in [5.41, 5.74) is 1.41. The number of benzene rings is 3. The molecule has 3 aromatic carbocycles. The maximum Gasteiger partial charge on any atom is 0.294 e. The van der Waals surface area contributed by atoms with Gasteiger partial charge >= 0.3 is 0 Å². The Bertz CT molecular complexity index is 1380. The van der Waals surface area contributed by atoms with Crippen LogP contribution in [-0.4, -0.2) is 28.5 Å². The molecule has 0 radical (unpaired) electrons. The van der Waals surface area contributed by atoms with Crippen molar-refractivity contribution >= 4 is 84.0 Å². The van der Waals surface area contributed by atoms with Crippen LogP contribution < -0.4 is 10.1 Å². The molecule has 0 bridgehead atoms. The fourth-order valence-corrected chi connectivity index (χ4v) is 5.72. The van der Waals surface area contributed by atoms with E-state index in [1.54, 1.807) is 60.7 Å². The molecule has 6 nitrogen and oxygen atoms in total. The second-order valence-electron chi connectivity index (χ2n) is 7.49. The summed E-state index contributed by atoms with van der Waals surface area (Å²) in [5.74, 6) is -1.03. The van der Waals surface area contributed by atoms with Crippen molar-refractivity contribution in [3.63, 3.8) is 0 Å². The van der Waals surface area contributed by atoms with Gasteiger partial charge < -0.3 is 10.1 Å². The molecule has 11 heteroatoms. The highest BCUT2D eigenvalue weighted by molar-refractivity contribution is 9.11. The standard InChI is InChI=1S/C25H16Br2ClFN2O4S/c26-16-9-14(10-17(27)23(16)35-13-15-5-1-3-7-19(15)29)11-21-24(33)31(25(34)36-21)12-22(32)30-20-8-4-2-6-18(20)28/h1-11H,12-13H2,(H,30,32)/b21-11+. The van der Waals surface area contributed by atoms with Crippen LogP contribution in [0.15, 0.2) is 74.5 Å². The van der Waals surface area contributed by atoms with Gasteiger partial charge in [-0.25, -0.2) is 4.39 Å². The Morgan fingerprint density at radius 2 is 1.75 bits per heavy atom. The molecule has 0 aromatic heterocycles. The number of thioether (sulfide) groups is 1. The van der Waals surface area contributed by atoms with Crippen molar-refractivity contribution in [1.29, 1.82) is 0 Å². The molecule has 1 saturated heterocycles. The van der Waals surface area contributed by atoms with Gasteiger partial charge in [-0.15, -0.1) is 0 Å². The summed E-state index contributed by atoms with van der Waals surface area (Å²) in [6, 6.07) is 16.4. The van der Waals surface area contributed by atoms with Crippen molar-refractivity contribution in [2.75, 3.05) is 11.9 Å². The van der Waals surface area contributed by atoms with Crippen LogP contribution in [0.25, 0.3) is 6.08 Å². The summed E-state index contributed by atoms with van der Waals surface area (Å²) in [7, 11) is 0. The van der Waals surface area contributed by atoms with Gasteiger partial charge in [-0.05, 0) is 85.6 Å². The van der Waals surface area contributed by atoms with Crippen molar-refractivity contribution in [2.24, 2.45) is 0 Å². The summed E-state index contributed by atoms with van der Waals surface area (Å²) in [6.45, 7) is -0.415. The minimum Gasteiger partial charge on any atom is -0.486 e. The molecule has 36 heavy (non-hydrogen) atoms. The van der Waals surface area contributed by atoms with Crippen molar-refractivity contribution in [2.45, 2.75) is 6.61 Å². The number of nitrogens with one attached hydrogen (secondary N) is 1. The van der Waals surface area contributed by atoms with Gasteiger partial charge in [0.15, 0.2) is 0 Å². The number of nitrogens with zero attached hydrogens (tertiary/aromatic N) is 1. The summed E-state index contributed by atoms with van der Waals surface area (Å²) in [5, 5.41) is 2.39. The highest BCUT2D eigenvalue weighted by Crippen LogP contribution is 2.38. The van der Waals surface area contributed by atoms with Gasteiger partial charge in [-0.3, -0.25) is 19.3 Å². The van der Waals surface area contributed by atoms with Crippen LogP contribution in [0.2, 0.25) is 5.02 Å². The van der Waals surface area contributed by atoms with Crippen molar-refractivity contribution in [3.8, 4) is 5.75 Å². The number of imide groups is 1. The summed E-state index contributed by atoms with van der Waals surface area (Å²) in [6.07, 6.45) is 1.55. The first-order valence-corrected chi connectivity index (χ1v) is 13.2. The van der Waals surface area contributed by atoms with E-state index < -0.39 is 23.6 Å². The first-order valence-electron chi connectivity index (χ1n) is 10.4. The van der Waals surface area contributed by atoms with E-state index in [0.717, 1.165) is 16.7 Å². The summed E-state index contributed by atoms with van der Waals surface area (Å²) < 4.78 is 20.8. The number of hydrogen-bond donors (Lipinski definition) is 1. The topological polar surface area (TPSA) is 75.7 Å². The van der Waals surface area contributed by atoms with Crippen LogP contribution in [0.1, 0.15) is 11.1 Å². The first kappa shape index (κ1) is 26.4. The smallest absolute Gasteiger partial charge is 0.294 e. The minimum atomic E-state index is -0.577. The maximum absolute atomic E-state index is 13.9. The highest BCUT2D eigenvalue weighted by Gasteiger charge is 2.36. The normalized spacial score (nSPS) is 14.4. The number of ether oxygens (including phenoxy) is 1. The van der Waals surface area contributed by atoms with Crippen molar-refractivity contribution < 1.29 is 23.5 Å². The molecule has 0 atom stereocenters. The Labute approximate surface area is 232 Å². The number of anilines is 1.